The van der Waals surface area contributed by atoms with Crippen LogP contribution in [-0.4, -0.2) is 37.4 Å². The first kappa shape index (κ1) is 21.0. The molecule has 0 saturated carbocycles. The average Bonchev–Trinajstić information content (AvgIpc) is 2.69. The quantitative estimate of drug-likeness (QED) is 0.543. The molecule has 0 spiro atoms. The summed E-state index contributed by atoms with van der Waals surface area (Å²) in [6.07, 6.45) is 7.18. The molecule has 0 radical (unpaired) electrons. The normalized spacial score (nSPS) is 23.2. The van der Waals surface area contributed by atoms with Gasteiger partial charge in [-0.3, -0.25) is 4.99 Å². The predicted octanol–water partition coefficient (Wildman–Crippen LogP) is 3.78. The number of phenolic OH excluding ortho intramolecular Hbond substituents is 1. The maximum Gasteiger partial charge on any atom is 0.191 e. The number of benzene rings is 1. The van der Waals surface area contributed by atoms with Crippen LogP contribution in [0.25, 0.3) is 0 Å². The second kappa shape index (κ2) is 9.17. The molecule has 3 rings (SSSR count). The largest absolute Gasteiger partial charge is 0.508 e. The van der Waals surface area contributed by atoms with Crippen molar-refractivity contribution in [1.29, 1.82) is 0 Å². The van der Waals surface area contributed by atoms with Gasteiger partial charge in [0.05, 0.1) is 6.10 Å². The second-order valence-electron chi connectivity index (χ2n) is 9.27. The van der Waals surface area contributed by atoms with Gasteiger partial charge in [0, 0.05) is 38.2 Å². The van der Waals surface area contributed by atoms with E-state index in [-0.39, 0.29) is 11.5 Å². The maximum atomic E-state index is 10.4. The van der Waals surface area contributed by atoms with Crippen LogP contribution in [0.1, 0.15) is 63.1 Å². The van der Waals surface area contributed by atoms with Crippen LogP contribution in [0.2, 0.25) is 0 Å². The van der Waals surface area contributed by atoms with E-state index in [1.165, 1.54) is 30.4 Å². The van der Waals surface area contributed by atoms with E-state index in [9.17, 15) is 5.11 Å². The molecule has 2 aliphatic rings. The number of aryl methyl sites for hydroxylation is 1. The van der Waals surface area contributed by atoms with Gasteiger partial charge in [-0.15, -0.1) is 0 Å². The summed E-state index contributed by atoms with van der Waals surface area (Å²) in [5.74, 6) is 1.65. The maximum absolute atomic E-state index is 10.4. The van der Waals surface area contributed by atoms with Gasteiger partial charge in [-0.1, -0.05) is 26.8 Å². The SMILES string of the molecule is CN=C(NCc1c(O)ccc2c1CCCC2)NCC1CCCOC1C(C)(C)C. The summed E-state index contributed by atoms with van der Waals surface area (Å²) in [7, 11) is 1.80. The minimum Gasteiger partial charge on any atom is -0.508 e. The topological polar surface area (TPSA) is 65.9 Å². The van der Waals surface area contributed by atoms with Gasteiger partial charge in [-0.25, -0.2) is 0 Å². The average molecular weight is 388 g/mol. The molecule has 156 valence electrons. The molecule has 1 aromatic carbocycles. The Bertz CT molecular complexity index is 694. The minimum absolute atomic E-state index is 0.138. The van der Waals surface area contributed by atoms with Crippen molar-refractivity contribution in [2.45, 2.75) is 71.9 Å². The number of aromatic hydroxyl groups is 1. The number of fused-ring (bicyclic) bond motifs is 1. The predicted molar refractivity (Wildman–Crippen MR) is 115 cm³/mol. The van der Waals surface area contributed by atoms with Crippen LogP contribution in [0, 0.1) is 11.3 Å². The van der Waals surface area contributed by atoms with Gasteiger partial charge in [0.15, 0.2) is 5.96 Å². The van der Waals surface area contributed by atoms with E-state index in [0.717, 1.165) is 43.9 Å². The lowest BCUT2D eigenvalue weighted by Gasteiger charge is -2.40. The second-order valence-corrected chi connectivity index (χ2v) is 9.27. The van der Waals surface area contributed by atoms with Crippen molar-refractivity contribution < 1.29 is 9.84 Å². The molecule has 0 aromatic heterocycles. The van der Waals surface area contributed by atoms with Gasteiger partial charge >= 0.3 is 0 Å². The molecule has 0 bridgehead atoms. The number of phenols is 1. The zero-order valence-electron chi connectivity index (χ0n) is 18.0. The lowest BCUT2D eigenvalue weighted by molar-refractivity contribution is -0.0835. The van der Waals surface area contributed by atoms with Gasteiger partial charge in [0.2, 0.25) is 0 Å². The van der Waals surface area contributed by atoms with Gasteiger partial charge in [0.1, 0.15) is 5.75 Å². The molecule has 1 saturated heterocycles. The van der Waals surface area contributed by atoms with Crippen molar-refractivity contribution in [2.75, 3.05) is 20.2 Å². The van der Waals surface area contributed by atoms with Crippen LogP contribution in [0.4, 0.5) is 0 Å². The summed E-state index contributed by atoms with van der Waals surface area (Å²) in [6.45, 7) is 9.07. The number of ether oxygens (including phenoxy) is 1. The van der Waals surface area contributed by atoms with Crippen molar-refractivity contribution >= 4 is 5.96 Å². The number of hydrogen-bond donors (Lipinski definition) is 3. The molecule has 2 atom stereocenters. The molecule has 2 unspecified atom stereocenters. The highest BCUT2D eigenvalue weighted by atomic mass is 16.5. The number of rotatable bonds is 4. The molecule has 1 aliphatic heterocycles. The van der Waals surface area contributed by atoms with E-state index in [4.69, 9.17) is 4.74 Å². The van der Waals surface area contributed by atoms with Crippen molar-refractivity contribution in [3.05, 3.63) is 28.8 Å². The Morgan fingerprint density at radius 1 is 1.18 bits per heavy atom. The molecule has 0 amide bonds. The molecule has 5 nitrogen and oxygen atoms in total. The van der Waals surface area contributed by atoms with E-state index in [1.807, 2.05) is 6.07 Å². The summed E-state index contributed by atoms with van der Waals surface area (Å²) in [6, 6.07) is 3.92. The van der Waals surface area contributed by atoms with Gasteiger partial charge in [-0.2, -0.15) is 0 Å². The Hall–Kier alpha value is -1.75. The van der Waals surface area contributed by atoms with E-state index in [2.05, 4.69) is 42.5 Å². The monoisotopic (exact) mass is 387 g/mol. The van der Waals surface area contributed by atoms with Crippen molar-refractivity contribution in [3.8, 4) is 5.75 Å². The number of nitrogens with one attached hydrogen (secondary N) is 2. The van der Waals surface area contributed by atoms with Crippen molar-refractivity contribution in [2.24, 2.45) is 16.3 Å². The Kier molecular flexibility index (Phi) is 6.86. The van der Waals surface area contributed by atoms with Crippen LogP contribution in [0.15, 0.2) is 17.1 Å². The summed E-state index contributed by atoms with van der Waals surface area (Å²) < 4.78 is 6.09. The summed E-state index contributed by atoms with van der Waals surface area (Å²) in [5.41, 5.74) is 3.87. The van der Waals surface area contributed by atoms with E-state index < -0.39 is 0 Å². The number of aliphatic imine (C=N–C) groups is 1. The number of hydrogen-bond acceptors (Lipinski definition) is 3. The zero-order valence-corrected chi connectivity index (χ0v) is 18.0. The van der Waals surface area contributed by atoms with Crippen molar-refractivity contribution in [1.82, 2.24) is 10.6 Å². The fourth-order valence-electron chi connectivity index (χ4n) is 4.72. The molecule has 1 aliphatic carbocycles. The molecule has 1 heterocycles. The van der Waals surface area contributed by atoms with Gasteiger partial charge in [0.25, 0.3) is 0 Å². The molecule has 1 fully saturated rings. The molecule has 3 N–H and O–H groups in total. The highest BCUT2D eigenvalue weighted by Crippen LogP contribution is 2.34. The molecular formula is C23H37N3O2. The number of nitrogens with zero attached hydrogens (tertiary/aromatic N) is 1. The molecule has 28 heavy (non-hydrogen) atoms. The van der Waals surface area contributed by atoms with E-state index >= 15 is 0 Å². The third-order valence-corrected chi connectivity index (χ3v) is 6.11. The zero-order chi connectivity index (χ0) is 20.1. The van der Waals surface area contributed by atoms with Crippen LogP contribution in [0.5, 0.6) is 5.75 Å². The fourth-order valence-corrected chi connectivity index (χ4v) is 4.72. The lowest BCUT2D eigenvalue weighted by atomic mass is 9.78. The Labute approximate surface area is 170 Å². The van der Waals surface area contributed by atoms with Crippen LogP contribution < -0.4 is 10.6 Å². The fraction of sp³-hybridized carbons (Fsp3) is 0.696. The summed E-state index contributed by atoms with van der Waals surface area (Å²) in [5, 5.41) is 17.3. The third-order valence-electron chi connectivity index (χ3n) is 6.11. The first-order chi connectivity index (χ1) is 13.4. The van der Waals surface area contributed by atoms with E-state index in [1.54, 1.807) is 7.05 Å². The van der Waals surface area contributed by atoms with Crippen LogP contribution >= 0.6 is 0 Å². The summed E-state index contributed by atoms with van der Waals surface area (Å²) >= 11 is 0. The molecular weight excluding hydrogens is 350 g/mol. The highest BCUT2D eigenvalue weighted by Gasteiger charge is 2.35. The highest BCUT2D eigenvalue weighted by molar-refractivity contribution is 5.79. The Morgan fingerprint density at radius 2 is 1.96 bits per heavy atom. The Balaban J connectivity index is 1.60. The first-order valence-electron chi connectivity index (χ1n) is 10.8. The lowest BCUT2D eigenvalue weighted by Crippen LogP contribution is -2.47. The van der Waals surface area contributed by atoms with Gasteiger partial charge < -0.3 is 20.5 Å². The molecule has 1 aromatic rings. The smallest absolute Gasteiger partial charge is 0.191 e. The van der Waals surface area contributed by atoms with E-state index in [0.29, 0.717) is 18.2 Å². The third kappa shape index (κ3) is 4.99. The Morgan fingerprint density at radius 3 is 2.71 bits per heavy atom. The standard InChI is InChI=1S/C23H37N3O2/c1-23(2,3)21-17(9-7-13-28-21)14-25-22(24-4)26-15-19-18-10-6-5-8-16(18)11-12-20(19)27/h11-12,17,21,27H,5-10,13-15H2,1-4H3,(H2,24,25,26). The summed E-state index contributed by atoms with van der Waals surface area (Å²) in [4.78, 5) is 4.39. The van der Waals surface area contributed by atoms with Crippen molar-refractivity contribution in [3.63, 3.8) is 0 Å². The van der Waals surface area contributed by atoms with Crippen LogP contribution in [-0.2, 0) is 24.1 Å². The van der Waals surface area contributed by atoms with Crippen LogP contribution in [0.3, 0.4) is 0 Å². The number of guanidine groups is 1. The first-order valence-corrected chi connectivity index (χ1v) is 10.8. The molecule has 5 heteroatoms. The van der Waals surface area contributed by atoms with Gasteiger partial charge in [-0.05, 0) is 61.1 Å². The minimum atomic E-state index is 0.138.